The van der Waals surface area contributed by atoms with Crippen molar-refractivity contribution >= 4 is 0 Å². The van der Waals surface area contributed by atoms with Gasteiger partial charge in [0.05, 0.1) is 6.61 Å². The van der Waals surface area contributed by atoms with Gasteiger partial charge in [-0.3, -0.25) is 0 Å². The molecule has 0 amide bonds. The van der Waals surface area contributed by atoms with Crippen LogP contribution in [0.15, 0.2) is 0 Å². The van der Waals surface area contributed by atoms with E-state index in [2.05, 4.69) is 17.3 Å². The highest BCUT2D eigenvalue weighted by Gasteiger charge is 2.39. The van der Waals surface area contributed by atoms with E-state index in [4.69, 9.17) is 4.74 Å². The van der Waals surface area contributed by atoms with E-state index in [9.17, 15) is 0 Å². The normalized spacial score (nSPS) is 37.6. The average molecular weight is 266 g/mol. The lowest BCUT2D eigenvalue weighted by molar-refractivity contribution is 0.184. The molecule has 2 saturated carbocycles. The summed E-state index contributed by atoms with van der Waals surface area (Å²) in [7, 11) is 2.30. The summed E-state index contributed by atoms with van der Waals surface area (Å²) >= 11 is 0. The maximum atomic E-state index is 5.40. The van der Waals surface area contributed by atoms with Crippen LogP contribution in [0.3, 0.4) is 0 Å². The Bertz CT molecular complexity index is 278. The summed E-state index contributed by atoms with van der Waals surface area (Å²) in [5.74, 6) is 3.92. The molecule has 3 rings (SSSR count). The first-order valence-electron chi connectivity index (χ1n) is 8.28. The van der Waals surface area contributed by atoms with Crippen molar-refractivity contribution in [2.24, 2.45) is 23.7 Å². The first-order chi connectivity index (χ1) is 9.31. The molecule has 4 atom stereocenters. The molecule has 1 heterocycles. The molecule has 19 heavy (non-hydrogen) atoms. The molecule has 3 heteroatoms. The van der Waals surface area contributed by atoms with Crippen LogP contribution < -0.4 is 5.32 Å². The number of likely N-dealkylation sites (N-methyl/N-ethyl adjacent to an activating group) is 1. The highest BCUT2D eigenvalue weighted by molar-refractivity contribution is 4.90. The Morgan fingerprint density at radius 1 is 1.21 bits per heavy atom. The molecule has 1 saturated heterocycles. The van der Waals surface area contributed by atoms with Crippen LogP contribution in [0.1, 0.15) is 32.1 Å². The van der Waals surface area contributed by atoms with Gasteiger partial charge in [-0.25, -0.2) is 0 Å². The molecular formula is C16H30N2O. The topological polar surface area (TPSA) is 24.5 Å². The molecule has 1 N–H and O–H groups in total. The Morgan fingerprint density at radius 2 is 2.16 bits per heavy atom. The van der Waals surface area contributed by atoms with Crippen LogP contribution in [0.4, 0.5) is 0 Å². The molecular weight excluding hydrogens is 236 g/mol. The van der Waals surface area contributed by atoms with Crippen molar-refractivity contribution in [2.45, 2.75) is 32.1 Å². The first-order valence-corrected chi connectivity index (χ1v) is 8.28. The van der Waals surface area contributed by atoms with Gasteiger partial charge < -0.3 is 15.0 Å². The number of rotatable bonds is 7. The maximum absolute atomic E-state index is 5.40. The third-order valence-corrected chi connectivity index (χ3v) is 5.56. The highest BCUT2D eigenvalue weighted by Crippen LogP contribution is 2.48. The van der Waals surface area contributed by atoms with Gasteiger partial charge in [0.1, 0.15) is 0 Å². The summed E-state index contributed by atoms with van der Waals surface area (Å²) in [5.41, 5.74) is 0. The zero-order valence-electron chi connectivity index (χ0n) is 12.4. The van der Waals surface area contributed by atoms with Crippen molar-refractivity contribution in [1.29, 1.82) is 0 Å². The standard InChI is InChI=1S/C16H30N2O/c1-18(6-5-17-10-14-4-7-19-12-14)11-16-9-13-2-3-15(16)8-13/h13-17H,2-12H2,1H3. The fourth-order valence-corrected chi connectivity index (χ4v) is 4.41. The van der Waals surface area contributed by atoms with Crippen molar-refractivity contribution in [2.75, 3.05) is 46.4 Å². The zero-order valence-corrected chi connectivity index (χ0v) is 12.4. The van der Waals surface area contributed by atoms with Gasteiger partial charge in [0.2, 0.25) is 0 Å². The maximum Gasteiger partial charge on any atom is 0.0507 e. The van der Waals surface area contributed by atoms with E-state index in [1.807, 2.05) is 0 Å². The molecule has 0 spiro atoms. The summed E-state index contributed by atoms with van der Waals surface area (Å²) in [6.07, 6.45) is 7.34. The number of ether oxygens (including phenoxy) is 1. The third kappa shape index (κ3) is 3.71. The number of fused-ring (bicyclic) bond motifs is 2. The molecule has 3 nitrogen and oxygen atoms in total. The number of hydrogen-bond acceptors (Lipinski definition) is 3. The van der Waals surface area contributed by atoms with Gasteiger partial charge in [-0.15, -0.1) is 0 Å². The average Bonchev–Trinajstić information content (AvgIpc) is 3.11. The van der Waals surface area contributed by atoms with E-state index in [1.54, 1.807) is 6.42 Å². The molecule has 3 aliphatic rings. The second kappa shape index (κ2) is 6.55. The fourth-order valence-electron chi connectivity index (χ4n) is 4.41. The molecule has 110 valence electrons. The SMILES string of the molecule is CN(CCNCC1CCOC1)CC1CC2CCC1C2. The second-order valence-corrected chi connectivity index (χ2v) is 7.13. The predicted molar refractivity (Wildman–Crippen MR) is 78.2 cm³/mol. The fraction of sp³-hybridized carbons (Fsp3) is 1.00. The lowest BCUT2D eigenvalue weighted by atomic mass is 9.88. The number of hydrogen-bond donors (Lipinski definition) is 1. The van der Waals surface area contributed by atoms with Crippen molar-refractivity contribution in [3.8, 4) is 0 Å². The minimum Gasteiger partial charge on any atom is -0.381 e. The summed E-state index contributed by atoms with van der Waals surface area (Å²) < 4.78 is 5.40. The number of nitrogens with one attached hydrogen (secondary N) is 1. The summed E-state index contributed by atoms with van der Waals surface area (Å²) in [5, 5.41) is 3.60. The van der Waals surface area contributed by atoms with Crippen molar-refractivity contribution in [3.63, 3.8) is 0 Å². The molecule has 3 fully saturated rings. The molecule has 1 aliphatic heterocycles. The molecule has 0 radical (unpaired) electrons. The van der Waals surface area contributed by atoms with Crippen LogP contribution in [-0.4, -0.2) is 51.3 Å². The van der Waals surface area contributed by atoms with Gasteiger partial charge >= 0.3 is 0 Å². The Morgan fingerprint density at radius 3 is 2.84 bits per heavy atom. The lowest BCUT2D eigenvalue weighted by Gasteiger charge is -2.27. The van der Waals surface area contributed by atoms with E-state index >= 15 is 0 Å². The van der Waals surface area contributed by atoms with E-state index in [-0.39, 0.29) is 0 Å². The van der Waals surface area contributed by atoms with E-state index in [1.165, 1.54) is 38.8 Å². The van der Waals surface area contributed by atoms with Gasteiger partial charge in [0, 0.05) is 32.8 Å². The Hall–Kier alpha value is -0.120. The number of nitrogens with zero attached hydrogens (tertiary/aromatic N) is 1. The van der Waals surface area contributed by atoms with E-state index in [0.717, 1.165) is 50.0 Å². The predicted octanol–water partition coefficient (Wildman–Crippen LogP) is 1.98. The van der Waals surface area contributed by atoms with Crippen molar-refractivity contribution < 1.29 is 4.74 Å². The van der Waals surface area contributed by atoms with Gasteiger partial charge in [0.15, 0.2) is 0 Å². The smallest absolute Gasteiger partial charge is 0.0507 e. The van der Waals surface area contributed by atoms with Crippen LogP contribution in [-0.2, 0) is 4.74 Å². The Balaban J connectivity index is 1.26. The first kappa shape index (κ1) is 13.8. The summed E-state index contributed by atoms with van der Waals surface area (Å²) in [6, 6.07) is 0. The second-order valence-electron chi connectivity index (χ2n) is 7.13. The van der Waals surface area contributed by atoms with Gasteiger partial charge in [-0.1, -0.05) is 6.42 Å². The quantitative estimate of drug-likeness (QED) is 0.713. The molecule has 4 unspecified atom stereocenters. The Kier molecular flexibility index (Phi) is 4.78. The molecule has 0 aromatic heterocycles. The van der Waals surface area contributed by atoms with Crippen LogP contribution in [0.25, 0.3) is 0 Å². The molecule has 0 aromatic carbocycles. The third-order valence-electron chi connectivity index (χ3n) is 5.56. The molecule has 0 aromatic rings. The highest BCUT2D eigenvalue weighted by atomic mass is 16.5. The van der Waals surface area contributed by atoms with Gasteiger partial charge in [-0.05, 0) is 56.4 Å². The van der Waals surface area contributed by atoms with Crippen molar-refractivity contribution in [3.05, 3.63) is 0 Å². The lowest BCUT2D eigenvalue weighted by Crippen LogP contribution is -2.35. The van der Waals surface area contributed by atoms with Crippen LogP contribution in [0, 0.1) is 23.7 Å². The molecule has 2 aliphatic carbocycles. The van der Waals surface area contributed by atoms with Crippen molar-refractivity contribution in [1.82, 2.24) is 10.2 Å². The monoisotopic (exact) mass is 266 g/mol. The van der Waals surface area contributed by atoms with E-state index in [0.29, 0.717) is 0 Å². The Labute approximate surface area is 118 Å². The summed E-state index contributed by atoms with van der Waals surface area (Å²) in [4.78, 5) is 2.55. The zero-order chi connectivity index (χ0) is 13.1. The van der Waals surface area contributed by atoms with Crippen LogP contribution in [0.5, 0.6) is 0 Å². The largest absolute Gasteiger partial charge is 0.381 e. The van der Waals surface area contributed by atoms with Crippen LogP contribution >= 0.6 is 0 Å². The van der Waals surface area contributed by atoms with Gasteiger partial charge in [-0.2, -0.15) is 0 Å². The minimum atomic E-state index is 0.760. The van der Waals surface area contributed by atoms with E-state index < -0.39 is 0 Å². The van der Waals surface area contributed by atoms with Crippen LogP contribution in [0.2, 0.25) is 0 Å². The molecule has 2 bridgehead atoms. The minimum absolute atomic E-state index is 0.760. The van der Waals surface area contributed by atoms with Gasteiger partial charge in [0.25, 0.3) is 0 Å². The summed E-state index contributed by atoms with van der Waals surface area (Å²) in [6.45, 7) is 6.73.